The highest BCUT2D eigenvalue weighted by Gasteiger charge is 2.32. The van der Waals surface area contributed by atoms with Crippen molar-refractivity contribution in [3.8, 4) is 34.8 Å². The van der Waals surface area contributed by atoms with Crippen molar-refractivity contribution in [2.75, 3.05) is 21.3 Å². The van der Waals surface area contributed by atoms with Gasteiger partial charge in [-0.15, -0.1) is 0 Å². The number of rotatable bonds is 6. The predicted molar refractivity (Wildman–Crippen MR) is 133 cm³/mol. The van der Waals surface area contributed by atoms with Gasteiger partial charge in [0.1, 0.15) is 23.1 Å². The van der Waals surface area contributed by atoms with Crippen molar-refractivity contribution in [2.45, 2.75) is 5.92 Å². The van der Waals surface area contributed by atoms with E-state index in [1.165, 1.54) is 45.6 Å². The molecule has 1 atom stereocenters. The van der Waals surface area contributed by atoms with Gasteiger partial charge in [-0.1, -0.05) is 29.3 Å². The van der Waals surface area contributed by atoms with Gasteiger partial charge in [-0.05, 0) is 42.0 Å². The summed E-state index contributed by atoms with van der Waals surface area (Å²) in [5.41, 5.74) is 7.76. The number of fused-ring (bicyclic) bond motifs is 1. The van der Waals surface area contributed by atoms with E-state index in [9.17, 15) is 10.1 Å². The molecule has 0 spiro atoms. The molecule has 0 saturated heterocycles. The van der Waals surface area contributed by atoms with E-state index in [2.05, 4.69) is 6.07 Å². The van der Waals surface area contributed by atoms with Crippen LogP contribution in [-0.4, -0.2) is 27.3 Å². The summed E-state index contributed by atoms with van der Waals surface area (Å²) >= 11 is 12.0. The molecule has 36 heavy (non-hydrogen) atoms. The van der Waals surface area contributed by atoms with Gasteiger partial charge in [0.15, 0.2) is 11.5 Å². The van der Waals surface area contributed by atoms with Crippen LogP contribution in [0.4, 0.5) is 0 Å². The molecule has 8 nitrogen and oxygen atoms in total. The molecule has 1 aliphatic heterocycles. The second-order valence-electron chi connectivity index (χ2n) is 7.60. The van der Waals surface area contributed by atoms with Crippen LogP contribution in [-0.2, 0) is 0 Å². The number of nitriles is 1. The Bertz CT molecular complexity index is 1410. The molecule has 2 N–H and O–H groups in total. The topological polar surface area (TPSA) is 113 Å². The fourth-order valence-corrected chi connectivity index (χ4v) is 4.41. The third-order valence-electron chi connectivity index (χ3n) is 5.57. The van der Waals surface area contributed by atoms with Crippen LogP contribution in [0.2, 0.25) is 10.0 Å². The Balaban J connectivity index is 1.76. The third-order valence-corrected chi connectivity index (χ3v) is 6.12. The lowest BCUT2D eigenvalue weighted by atomic mass is 9.83. The number of hydrogen-bond acceptors (Lipinski definition) is 8. The average Bonchev–Trinajstić information content (AvgIpc) is 2.86. The van der Waals surface area contributed by atoms with Crippen molar-refractivity contribution < 1.29 is 28.5 Å². The van der Waals surface area contributed by atoms with Crippen molar-refractivity contribution in [1.29, 1.82) is 5.26 Å². The highest BCUT2D eigenvalue weighted by Crippen LogP contribution is 2.47. The SMILES string of the molecule is COc1cc(C2C(C#N)=C(N)Oc3cc(OC(=O)c4ccc(Cl)cc4Cl)ccc32)cc(OC)c1OC. The second-order valence-corrected chi connectivity index (χ2v) is 8.44. The number of halogens is 2. The predicted octanol–water partition coefficient (Wildman–Crippen LogP) is 5.46. The summed E-state index contributed by atoms with van der Waals surface area (Å²) < 4.78 is 27.6. The number of hydrogen-bond donors (Lipinski definition) is 1. The first kappa shape index (κ1) is 25.0. The molecular weight excluding hydrogens is 507 g/mol. The number of nitrogens with zero attached hydrogens (tertiary/aromatic N) is 1. The monoisotopic (exact) mass is 526 g/mol. The first-order valence-corrected chi connectivity index (χ1v) is 11.3. The summed E-state index contributed by atoms with van der Waals surface area (Å²) in [5, 5.41) is 10.4. The largest absolute Gasteiger partial charge is 0.493 e. The Morgan fingerprint density at radius 2 is 1.69 bits per heavy atom. The lowest BCUT2D eigenvalue weighted by Gasteiger charge is -2.27. The Kier molecular flexibility index (Phi) is 7.15. The molecule has 3 aromatic rings. The van der Waals surface area contributed by atoms with Crippen molar-refractivity contribution in [3.05, 3.63) is 86.7 Å². The van der Waals surface area contributed by atoms with Gasteiger partial charge in [0.25, 0.3) is 0 Å². The van der Waals surface area contributed by atoms with Gasteiger partial charge in [-0.25, -0.2) is 4.79 Å². The van der Waals surface area contributed by atoms with Gasteiger partial charge in [0.05, 0.1) is 37.8 Å². The van der Waals surface area contributed by atoms with Gasteiger partial charge < -0.3 is 29.4 Å². The van der Waals surface area contributed by atoms with E-state index < -0.39 is 11.9 Å². The number of carbonyl (C=O) groups is 1. The number of benzene rings is 3. The number of allylic oxidation sites excluding steroid dienone is 1. The van der Waals surface area contributed by atoms with E-state index in [0.717, 1.165) is 0 Å². The molecule has 4 rings (SSSR count). The molecule has 1 unspecified atom stereocenters. The number of carbonyl (C=O) groups excluding carboxylic acids is 1. The Hall–Kier alpha value is -4.06. The lowest BCUT2D eigenvalue weighted by molar-refractivity contribution is 0.0734. The number of methoxy groups -OCH3 is 3. The molecular formula is C26H20Cl2N2O6. The van der Waals surface area contributed by atoms with Crippen LogP contribution >= 0.6 is 23.2 Å². The van der Waals surface area contributed by atoms with Crippen molar-refractivity contribution >= 4 is 29.2 Å². The van der Waals surface area contributed by atoms with Crippen LogP contribution in [0.3, 0.4) is 0 Å². The van der Waals surface area contributed by atoms with Crippen LogP contribution in [0.5, 0.6) is 28.7 Å². The summed E-state index contributed by atoms with van der Waals surface area (Å²) in [7, 11) is 4.51. The fourth-order valence-electron chi connectivity index (χ4n) is 3.93. The first-order chi connectivity index (χ1) is 17.3. The summed E-state index contributed by atoms with van der Waals surface area (Å²) in [6, 6.07) is 14.9. The first-order valence-electron chi connectivity index (χ1n) is 10.5. The van der Waals surface area contributed by atoms with Gasteiger partial charge in [0.2, 0.25) is 11.6 Å². The zero-order chi connectivity index (χ0) is 26.0. The smallest absolute Gasteiger partial charge is 0.345 e. The van der Waals surface area contributed by atoms with Crippen LogP contribution in [0, 0.1) is 11.3 Å². The Morgan fingerprint density at radius 3 is 2.28 bits per heavy atom. The van der Waals surface area contributed by atoms with E-state index in [-0.39, 0.29) is 27.8 Å². The summed E-state index contributed by atoms with van der Waals surface area (Å²) in [6.07, 6.45) is 0. The van der Waals surface area contributed by atoms with Gasteiger partial charge in [-0.2, -0.15) is 5.26 Å². The quantitative estimate of drug-likeness (QED) is 0.332. The number of ether oxygens (including phenoxy) is 5. The molecule has 0 aromatic heterocycles. The third kappa shape index (κ3) is 4.59. The summed E-state index contributed by atoms with van der Waals surface area (Å²) in [4.78, 5) is 12.7. The second kappa shape index (κ2) is 10.3. The molecule has 1 heterocycles. The zero-order valence-electron chi connectivity index (χ0n) is 19.4. The average molecular weight is 527 g/mol. The van der Waals surface area contributed by atoms with Gasteiger partial charge in [0, 0.05) is 16.7 Å². The maximum Gasteiger partial charge on any atom is 0.345 e. The lowest BCUT2D eigenvalue weighted by Crippen LogP contribution is -2.21. The number of esters is 1. The summed E-state index contributed by atoms with van der Waals surface area (Å²) in [5.74, 6) is 0.405. The molecule has 0 aliphatic carbocycles. The minimum Gasteiger partial charge on any atom is -0.493 e. The number of nitrogens with two attached hydrogens (primary N) is 1. The maximum atomic E-state index is 12.7. The minimum absolute atomic E-state index is 0.0760. The standard InChI is InChI=1S/C26H20Cl2N2O6/c1-32-21-8-13(9-22(33-2)24(21)34-3)23-17-7-5-15(11-20(17)36-25(30)18(23)12-29)35-26(31)16-6-4-14(27)10-19(16)28/h4-11,23H,30H2,1-3H3. The molecule has 184 valence electrons. The maximum absolute atomic E-state index is 12.7. The van der Waals surface area contributed by atoms with Crippen molar-refractivity contribution in [3.63, 3.8) is 0 Å². The summed E-state index contributed by atoms with van der Waals surface area (Å²) in [6.45, 7) is 0. The molecule has 1 aliphatic rings. The van der Waals surface area contributed by atoms with E-state index in [1.54, 1.807) is 24.3 Å². The van der Waals surface area contributed by atoms with E-state index in [1.807, 2.05) is 0 Å². The van der Waals surface area contributed by atoms with Gasteiger partial charge >= 0.3 is 5.97 Å². The van der Waals surface area contributed by atoms with Crippen LogP contribution in [0.15, 0.2) is 60.0 Å². The molecule has 0 fully saturated rings. The molecule has 0 radical (unpaired) electrons. The van der Waals surface area contributed by atoms with E-state index in [4.69, 9.17) is 52.6 Å². The molecule has 0 saturated carbocycles. The van der Waals surface area contributed by atoms with Crippen molar-refractivity contribution in [1.82, 2.24) is 0 Å². The molecule has 10 heteroatoms. The Morgan fingerprint density at radius 1 is 1.00 bits per heavy atom. The minimum atomic E-state index is -0.671. The molecule has 0 amide bonds. The van der Waals surface area contributed by atoms with Crippen LogP contribution in [0.1, 0.15) is 27.4 Å². The van der Waals surface area contributed by atoms with Gasteiger partial charge in [-0.3, -0.25) is 0 Å². The molecule has 0 bridgehead atoms. The van der Waals surface area contributed by atoms with E-state index >= 15 is 0 Å². The fraction of sp³-hybridized carbons (Fsp3) is 0.154. The normalized spacial score (nSPS) is 14.3. The van der Waals surface area contributed by atoms with Crippen LogP contribution in [0.25, 0.3) is 0 Å². The van der Waals surface area contributed by atoms with Crippen molar-refractivity contribution in [2.24, 2.45) is 5.73 Å². The molecule has 3 aromatic carbocycles. The highest BCUT2D eigenvalue weighted by atomic mass is 35.5. The van der Waals surface area contributed by atoms with Crippen LogP contribution < -0.4 is 29.4 Å². The zero-order valence-corrected chi connectivity index (χ0v) is 20.9. The Labute approximate surface area is 217 Å². The van der Waals surface area contributed by atoms with E-state index in [0.29, 0.717) is 39.1 Å². The highest BCUT2D eigenvalue weighted by molar-refractivity contribution is 6.36.